The van der Waals surface area contributed by atoms with E-state index >= 15 is 0 Å². The van der Waals surface area contributed by atoms with E-state index in [1.807, 2.05) is 36.7 Å². The Morgan fingerprint density at radius 2 is 1.81 bits per heavy atom. The second-order valence-corrected chi connectivity index (χ2v) is 8.01. The summed E-state index contributed by atoms with van der Waals surface area (Å²) in [7, 11) is 0. The van der Waals surface area contributed by atoms with Crippen LogP contribution in [0.4, 0.5) is 28.0 Å². The van der Waals surface area contributed by atoms with Crippen LogP contribution in [-0.4, -0.2) is 22.0 Å². The maximum absolute atomic E-state index is 13.5. The molecule has 3 rings (SSSR count). The van der Waals surface area contributed by atoms with Gasteiger partial charge in [0.05, 0.1) is 17.8 Å². The van der Waals surface area contributed by atoms with E-state index in [-0.39, 0.29) is 24.0 Å². The summed E-state index contributed by atoms with van der Waals surface area (Å²) in [5.41, 5.74) is 0.372. The van der Waals surface area contributed by atoms with Crippen LogP contribution in [-0.2, 0) is 19.3 Å². The van der Waals surface area contributed by atoms with Crippen molar-refractivity contribution in [3.05, 3.63) is 89.5 Å². The number of nitrogens with one attached hydrogen (secondary N) is 1. The van der Waals surface area contributed by atoms with Crippen LogP contribution in [0.15, 0.2) is 66.9 Å². The van der Waals surface area contributed by atoms with Crippen LogP contribution in [0.2, 0.25) is 0 Å². The van der Waals surface area contributed by atoms with Crippen molar-refractivity contribution in [2.24, 2.45) is 5.92 Å². The zero-order valence-corrected chi connectivity index (χ0v) is 17.9. The van der Waals surface area contributed by atoms with Crippen molar-refractivity contribution in [2.75, 3.05) is 11.9 Å². The fourth-order valence-corrected chi connectivity index (χ4v) is 3.47. The van der Waals surface area contributed by atoms with E-state index in [9.17, 15) is 22.4 Å². The molecule has 0 aliphatic carbocycles. The van der Waals surface area contributed by atoms with Crippen LogP contribution in [0.25, 0.3) is 0 Å². The quantitative estimate of drug-likeness (QED) is 0.419. The summed E-state index contributed by atoms with van der Waals surface area (Å²) in [4.78, 5) is 14.4. The van der Waals surface area contributed by atoms with Crippen LogP contribution in [0.5, 0.6) is 0 Å². The van der Waals surface area contributed by atoms with Crippen LogP contribution in [0.3, 0.4) is 0 Å². The molecular formula is C24H25F4N3O. The molecule has 0 saturated heterocycles. The lowest BCUT2D eigenvalue weighted by Gasteiger charge is -2.26. The van der Waals surface area contributed by atoms with Gasteiger partial charge in [0.1, 0.15) is 5.82 Å². The zero-order chi connectivity index (χ0) is 23.3. The number of carbonyl (C=O) groups is 1. The second-order valence-electron chi connectivity index (χ2n) is 8.01. The maximum atomic E-state index is 13.5. The van der Waals surface area contributed by atoms with Gasteiger partial charge < -0.3 is 14.8 Å². The smallest absolute Gasteiger partial charge is 0.345 e. The fourth-order valence-electron chi connectivity index (χ4n) is 3.47. The molecule has 0 bridgehead atoms. The highest BCUT2D eigenvalue weighted by molar-refractivity contribution is 5.90. The highest BCUT2D eigenvalue weighted by Crippen LogP contribution is 2.34. The number of para-hydroxylation sites is 1. The first-order chi connectivity index (χ1) is 15.1. The predicted molar refractivity (Wildman–Crippen MR) is 116 cm³/mol. The van der Waals surface area contributed by atoms with Gasteiger partial charge in [-0.05, 0) is 47.9 Å². The number of hydrogen-bond donors (Lipinski definition) is 1. The minimum Gasteiger partial charge on any atom is -0.345 e. The Bertz CT molecular complexity index is 1060. The number of amides is 2. The molecule has 0 atom stereocenters. The van der Waals surface area contributed by atoms with Crippen molar-refractivity contribution in [1.82, 2.24) is 9.47 Å². The molecule has 2 aromatic carbocycles. The number of benzene rings is 2. The third kappa shape index (κ3) is 6.12. The Kier molecular flexibility index (Phi) is 7.22. The SMILES string of the molecule is CC(C)CN(Cc1cccn1Cc1cccc(F)c1)C(=O)Nc1ccccc1C(F)(F)F. The van der Waals surface area contributed by atoms with Crippen molar-refractivity contribution >= 4 is 11.7 Å². The van der Waals surface area contributed by atoms with Crippen LogP contribution in [0, 0.1) is 11.7 Å². The first kappa shape index (κ1) is 23.4. The molecule has 8 heteroatoms. The molecule has 3 aromatic rings. The number of hydrogen-bond acceptors (Lipinski definition) is 1. The lowest BCUT2D eigenvalue weighted by atomic mass is 10.1. The molecule has 0 radical (unpaired) electrons. The molecule has 170 valence electrons. The number of alkyl halides is 3. The van der Waals surface area contributed by atoms with Gasteiger partial charge in [-0.3, -0.25) is 0 Å². The number of aromatic nitrogens is 1. The summed E-state index contributed by atoms with van der Waals surface area (Å²) in [6.45, 7) is 4.81. The average Bonchev–Trinajstić information content (AvgIpc) is 3.13. The molecule has 1 aromatic heterocycles. The Labute approximate surface area is 184 Å². The molecule has 0 aliphatic rings. The second kappa shape index (κ2) is 9.89. The molecule has 0 saturated carbocycles. The van der Waals surface area contributed by atoms with E-state index in [0.717, 1.165) is 17.3 Å². The molecule has 1 N–H and O–H groups in total. The molecule has 1 heterocycles. The first-order valence-corrected chi connectivity index (χ1v) is 10.2. The molecule has 4 nitrogen and oxygen atoms in total. The fraction of sp³-hybridized carbons (Fsp3) is 0.292. The highest BCUT2D eigenvalue weighted by atomic mass is 19.4. The van der Waals surface area contributed by atoms with Crippen LogP contribution >= 0.6 is 0 Å². The first-order valence-electron chi connectivity index (χ1n) is 10.2. The number of nitrogens with zero attached hydrogens (tertiary/aromatic N) is 2. The Morgan fingerprint density at radius 3 is 2.50 bits per heavy atom. The highest BCUT2D eigenvalue weighted by Gasteiger charge is 2.34. The average molecular weight is 447 g/mol. The lowest BCUT2D eigenvalue weighted by Crippen LogP contribution is -2.38. The van der Waals surface area contributed by atoms with E-state index in [1.54, 1.807) is 12.1 Å². The van der Waals surface area contributed by atoms with Gasteiger partial charge in [-0.15, -0.1) is 0 Å². The minimum absolute atomic E-state index is 0.102. The molecule has 0 fully saturated rings. The largest absolute Gasteiger partial charge is 0.418 e. The third-order valence-electron chi connectivity index (χ3n) is 4.87. The van der Waals surface area contributed by atoms with Gasteiger partial charge in [0.2, 0.25) is 0 Å². The summed E-state index contributed by atoms with van der Waals surface area (Å²) >= 11 is 0. The van der Waals surface area contributed by atoms with Gasteiger partial charge >= 0.3 is 12.2 Å². The molecule has 2 amide bonds. The summed E-state index contributed by atoms with van der Waals surface area (Å²) < 4.78 is 55.3. The lowest BCUT2D eigenvalue weighted by molar-refractivity contribution is -0.136. The minimum atomic E-state index is -4.58. The number of halogens is 4. The van der Waals surface area contributed by atoms with Gasteiger partial charge in [0.25, 0.3) is 0 Å². The number of carbonyl (C=O) groups excluding carboxylic acids is 1. The van der Waals surface area contributed by atoms with E-state index in [2.05, 4.69) is 5.32 Å². The summed E-state index contributed by atoms with van der Waals surface area (Å²) in [6.07, 6.45) is -2.75. The summed E-state index contributed by atoms with van der Waals surface area (Å²) in [5.74, 6) is -0.231. The van der Waals surface area contributed by atoms with Crippen LogP contribution in [0.1, 0.15) is 30.7 Å². The number of urea groups is 1. The topological polar surface area (TPSA) is 37.3 Å². The van der Waals surface area contributed by atoms with Gasteiger partial charge in [-0.1, -0.05) is 38.1 Å². The standard InChI is InChI=1S/C24H25F4N3O/c1-17(2)14-31(23(32)29-22-11-4-3-10-21(22)24(26,27)28)16-20-9-6-12-30(20)15-18-7-5-8-19(25)13-18/h3-13,17H,14-16H2,1-2H3,(H,29,32). The maximum Gasteiger partial charge on any atom is 0.418 e. The predicted octanol–water partition coefficient (Wildman–Crippen LogP) is 6.38. The zero-order valence-electron chi connectivity index (χ0n) is 17.9. The van der Waals surface area contributed by atoms with Crippen molar-refractivity contribution < 1.29 is 22.4 Å². The van der Waals surface area contributed by atoms with Crippen LogP contribution < -0.4 is 5.32 Å². The van der Waals surface area contributed by atoms with Crippen molar-refractivity contribution in [2.45, 2.75) is 33.1 Å². The third-order valence-corrected chi connectivity index (χ3v) is 4.87. The molecule has 0 unspecified atom stereocenters. The van der Waals surface area contributed by atoms with E-state index in [4.69, 9.17) is 0 Å². The number of anilines is 1. The molecular weight excluding hydrogens is 422 g/mol. The molecule has 32 heavy (non-hydrogen) atoms. The van der Waals surface area contributed by atoms with E-state index in [0.29, 0.717) is 13.1 Å². The van der Waals surface area contributed by atoms with Crippen molar-refractivity contribution in [3.8, 4) is 0 Å². The van der Waals surface area contributed by atoms with E-state index < -0.39 is 17.8 Å². The molecule has 0 aliphatic heterocycles. The summed E-state index contributed by atoms with van der Waals surface area (Å²) in [6, 6.07) is 14.2. The Hall–Kier alpha value is -3.29. The number of rotatable bonds is 7. The monoisotopic (exact) mass is 447 g/mol. The molecule has 0 spiro atoms. The van der Waals surface area contributed by atoms with Gasteiger partial charge in [0.15, 0.2) is 0 Å². The Morgan fingerprint density at radius 1 is 1.06 bits per heavy atom. The Balaban J connectivity index is 1.80. The van der Waals surface area contributed by atoms with Gasteiger partial charge in [0, 0.05) is 25.0 Å². The van der Waals surface area contributed by atoms with Gasteiger partial charge in [-0.25, -0.2) is 9.18 Å². The summed E-state index contributed by atoms with van der Waals surface area (Å²) in [5, 5.41) is 2.42. The normalized spacial score (nSPS) is 11.6. The van der Waals surface area contributed by atoms with Crippen molar-refractivity contribution in [1.29, 1.82) is 0 Å². The van der Waals surface area contributed by atoms with Crippen molar-refractivity contribution in [3.63, 3.8) is 0 Å². The van der Waals surface area contributed by atoms with E-state index in [1.165, 1.54) is 35.2 Å². The van der Waals surface area contributed by atoms with Gasteiger partial charge in [-0.2, -0.15) is 13.2 Å².